The number of benzene rings is 1. The Kier molecular flexibility index (Phi) is 3.78. The van der Waals surface area contributed by atoms with Crippen molar-refractivity contribution >= 4 is 11.6 Å². The number of hydrogen-bond donors (Lipinski definition) is 1. The van der Waals surface area contributed by atoms with Gasteiger partial charge in [0.05, 0.1) is 5.69 Å². The Morgan fingerprint density at radius 1 is 1.38 bits per heavy atom. The molecule has 2 heterocycles. The summed E-state index contributed by atoms with van der Waals surface area (Å²) in [4.78, 5) is 2.41. The van der Waals surface area contributed by atoms with Gasteiger partial charge in [-0.2, -0.15) is 5.10 Å². The molecule has 0 spiro atoms. The molecular weight excluding hydrogens is 284 g/mol. The minimum atomic E-state index is 0.234. The molecule has 1 aliphatic heterocycles. The second-order valence-electron chi connectivity index (χ2n) is 5.77. The maximum absolute atomic E-state index is 6.13. The molecule has 0 saturated carbocycles. The van der Waals surface area contributed by atoms with Gasteiger partial charge in [0, 0.05) is 49.0 Å². The lowest BCUT2D eigenvalue weighted by molar-refractivity contribution is 0.210. The van der Waals surface area contributed by atoms with Crippen LogP contribution in [0.2, 0.25) is 5.02 Å². The molecule has 0 aliphatic carbocycles. The standard InChI is InChI=1S/C16H21ClN4/c1-10-15(11(2)20(3)19-10)9-21-8-12-4-5-13(17)6-14(12)16(21)7-18/h4-6,16H,7-9,18H2,1-3H3. The van der Waals surface area contributed by atoms with Crippen molar-refractivity contribution in [2.75, 3.05) is 6.54 Å². The van der Waals surface area contributed by atoms with Gasteiger partial charge < -0.3 is 5.73 Å². The molecule has 1 unspecified atom stereocenters. The Morgan fingerprint density at radius 2 is 2.14 bits per heavy atom. The monoisotopic (exact) mass is 304 g/mol. The normalized spacial score (nSPS) is 18.2. The lowest BCUT2D eigenvalue weighted by Crippen LogP contribution is -2.28. The van der Waals surface area contributed by atoms with Crippen LogP contribution in [0.3, 0.4) is 0 Å². The molecule has 4 nitrogen and oxygen atoms in total. The van der Waals surface area contributed by atoms with Crippen LogP contribution in [0.5, 0.6) is 0 Å². The summed E-state index contributed by atoms with van der Waals surface area (Å²) in [5, 5.41) is 5.28. The quantitative estimate of drug-likeness (QED) is 0.948. The number of nitrogens with two attached hydrogens (primary N) is 1. The fraction of sp³-hybridized carbons (Fsp3) is 0.438. The number of hydrogen-bond acceptors (Lipinski definition) is 3. The van der Waals surface area contributed by atoms with Gasteiger partial charge in [0.1, 0.15) is 0 Å². The van der Waals surface area contributed by atoms with Crippen molar-refractivity contribution in [2.45, 2.75) is 33.0 Å². The van der Waals surface area contributed by atoms with E-state index in [4.69, 9.17) is 17.3 Å². The Bertz CT molecular complexity index is 677. The van der Waals surface area contributed by atoms with Gasteiger partial charge in [-0.05, 0) is 37.1 Å². The smallest absolute Gasteiger partial charge is 0.0641 e. The van der Waals surface area contributed by atoms with Gasteiger partial charge in [-0.3, -0.25) is 9.58 Å². The molecule has 0 amide bonds. The zero-order valence-corrected chi connectivity index (χ0v) is 13.5. The van der Waals surface area contributed by atoms with Gasteiger partial charge >= 0.3 is 0 Å². The summed E-state index contributed by atoms with van der Waals surface area (Å²) < 4.78 is 1.95. The van der Waals surface area contributed by atoms with Crippen LogP contribution in [-0.2, 0) is 20.1 Å². The second-order valence-corrected chi connectivity index (χ2v) is 6.21. The number of aromatic nitrogens is 2. The summed E-state index contributed by atoms with van der Waals surface area (Å²) in [6.07, 6.45) is 0. The summed E-state index contributed by atoms with van der Waals surface area (Å²) in [6.45, 7) is 6.58. The SMILES string of the molecule is Cc1nn(C)c(C)c1CN1Cc2ccc(Cl)cc2C1CN. The summed E-state index contributed by atoms with van der Waals surface area (Å²) in [5.41, 5.74) is 12.2. The molecule has 1 aromatic carbocycles. The zero-order chi connectivity index (χ0) is 15.1. The third-order valence-electron chi connectivity index (χ3n) is 4.52. The highest BCUT2D eigenvalue weighted by Gasteiger charge is 2.30. The number of halogens is 1. The molecule has 0 radical (unpaired) electrons. The van der Waals surface area contributed by atoms with E-state index in [-0.39, 0.29) is 6.04 Å². The molecule has 2 N–H and O–H groups in total. The van der Waals surface area contributed by atoms with Gasteiger partial charge in [-0.25, -0.2) is 0 Å². The molecule has 0 bridgehead atoms. The van der Waals surface area contributed by atoms with Gasteiger partial charge in [0.15, 0.2) is 0 Å². The maximum atomic E-state index is 6.13. The molecule has 21 heavy (non-hydrogen) atoms. The summed E-state index contributed by atoms with van der Waals surface area (Å²) in [5.74, 6) is 0. The van der Waals surface area contributed by atoms with Crippen LogP contribution in [0, 0.1) is 13.8 Å². The molecular formula is C16H21ClN4. The lowest BCUT2D eigenvalue weighted by Gasteiger charge is -2.24. The molecule has 5 heteroatoms. The Balaban J connectivity index is 1.91. The van der Waals surface area contributed by atoms with Crippen LogP contribution in [0.4, 0.5) is 0 Å². The fourth-order valence-electron chi connectivity index (χ4n) is 3.24. The second kappa shape index (κ2) is 5.44. The average Bonchev–Trinajstić information content (AvgIpc) is 2.90. The van der Waals surface area contributed by atoms with Crippen molar-refractivity contribution in [1.29, 1.82) is 0 Å². The summed E-state index contributed by atoms with van der Waals surface area (Å²) >= 11 is 6.13. The van der Waals surface area contributed by atoms with Crippen LogP contribution < -0.4 is 5.73 Å². The predicted octanol–water partition coefficient (Wildman–Crippen LogP) is 2.71. The molecule has 0 fully saturated rings. The van der Waals surface area contributed by atoms with Crippen molar-refractivity contribution in [3.63, 3.8) is 0 Å². The highest BCUT2D eigenvalue weighted by Crippen LogP contribution is 2.36. The molecule has 1 aliphatic rings. The molecule has 1 atom stereocenters. The van der Waals surface area contributed by atoms with Crippen LogP contribution in [-0.4, -0.2) is 21.2 Å². The Hall–Kier alpha value is -1.36. The highest BCUT2D eigenvalue weighted by molar-refractivity contribution is 6.30. The molecule has 2 aromatic rings. The van der Waals surface area contributed by atoms with E-state index in [9.17, 15) is 0 Å². The third kappa shape index (κ3) is 2.48. The van der Waals surface area contributed by atoms with Crippen molar-refractivity contribution in [3.8, 4) is 0 Å². The molecule has 1 aromatic heterocycles. The van der Waals surface area contributed by atoms with Gasteiger partial charge in [-0.15, -0.1) is 0 Å². The number of nitrogens with zero attached hydrogens (tertiary/aromatic N) is 3. The number of rotatable bonds is 3. The minimum absolute atomic E-state index is 0.234. The van der Waals surface area contributed by atoms with Crippen molar-refractivity contribution < 1.29 is 0 Å². The van der Waals surface area contributed by atoms with E-state index in [0.29, 0.717) is 6.54 Å². The highest BCUT2D eigenvalue weighted by atomic mass is 35.5. The minimum Gasteiger partial charge on any atom is -0.329 e. The summed E-state index contributed by atoms with van der Waals surface area (Å²) in [6, 6.07) is 6.36. The van der Waals surface area contributed by atoms with E-state index in [0.717, 1.165) is 23.8 Å². The first kappa shape index (κ1) is 14.6. The molecule has 3 rings (SSSR count). The van der Waals surface area contributed by atoms with Gasteiger partial charge in [0.25, 0.3) is 0 Å². The van der Waals surface area contributed by atoms with Crippen molar-refractivity contribution in [1.82, 2.24) is 14.7 Å². The van der Waals surface area contributed by atoms with E-state index in [1.54, 1.807) is 0 Å². The number of fused-ring (bicyclic) bond motifs is 1. The van der Waals surface area contributed by atoms with Gasteiger partial charge in [-0.1, -0.05) is 17.7 Å². The van der Waals surface area contributed by atoms with E-state index >= 15 is 0 Å². The van der Waals surface area contributed by atoms with Gasteiger partial charge in [0.2, 0.25) is 0 Å². The Labute approximate surface area is 130 Å². The van der Waals surface area contributed by atoms with Crippen LogP contribution in [0.25, 0.3) is 0 Å². The number of aryl methyl sites for hydroxylation is 2. The average molecular weight is 305 g/mol. The zero-order valence-electron chi connectivity index (χ0n) is 12.7. The van der Waals surface area contributed by atoms with Crippen molar-refractivity contribution in [2.24, 2.45) is 12.8 Å². The van der Waals surface area contributed by atoms with Crippen molar-refractivity contribution in [3.05, 3.63) is 51.3 Å². The van der Waals surface area contributed by atoms with Crippen LogP contribution in [0.15, 0.2) is 18.2 Å². The molecule has 0 saturated heterocycles. The van der Waals surface area contributed by atoms with Crippen LogP contribution >= 0.6 is 11.6 Å². The first-order valence-corrected chi connectivity index (χ1v) is 7.60. The maximum Gasteiger partial charge on any atom is 0.0641 e. The predicted molar refractivity (Wildman–Crippen MR) is 85.2 cm³/mol. The van der Waals surface area contributed by atoms with Crippen LogP contribution in [0.1, 0.15) is 34.1 Å². The topological polar surface area (TPSA) is 47.1 Å². The van der Waals surface area contributed by atoms with E-state index in [1.807, 2.05) is 17.8 Å². The first-order valence-electron chi connectivity index (χ1n) is 7.22. The van der Waals surface area contributed by atoms with E-state index in [1.165, 1.54) is 22.4 Å². The third-order valence-corrected chi connectivity index (χ3v) is 4.76. The summed E-state index contributed by atoms with van der Waals surface area (Å²) in [7, 11) is 1.99. The first-order chi connectivity index (χ1) is 10.0. The largest absolute Gasteiger partial charge is 0.329 e. The fourth-order valence-corrected chi connectivity index (χ4v) is 3.42. The van der Waals surface area contributed by atoms with E-state index < -0.39 is 0 Å². The van der Waals surface area contributed by atoms with E-state index in [2.05, 4.69) is 36.0 Å². The lowest BCUT2D eigenvalue weighted by atomic mass is 10.0. The Morgan fingerprint density at radius 3 is 2.76 bits per heavy atom. The molecule has 112 valence electrons.